The summed E-state index contributed by atoms with van der Waals surface area (Å²) in [6.45, 7) is 3.50. The van der Waals surface area contributed by atoms with Gasteiger partial charge in [-0.3, -0.25) is 24.1 Å². The Kier molecular flexibility index (Phi) is 7.54. The van der Waals surface area contributed by atoms with Crippen LogP contribution in [0.25, 0.3) is 0 Å². The Balaban J connectivity index is 1.83. The molecule has 6 N–H and O–H groups in total. The maximum Gasteiger partial charge on any atom is 0.259 e. The van der Waals surface area contributed by atoms with Crippen LogP contribution in [-0.4, -0.2) is 87.0 Å². The van der Waals surface area contributed by atoms with Crippen molar-refractivity contribution in [3.05, 3.63) is 51.5 Å². The summed E-state index contributed by atoms with van der Waals surface area (Å²) >= 11 is 5.42. The number of hydrogen-bond donors (Lipinski definition) is 6. The zero-order valence-electron chi connectivity index (χ0n) is 22.0. The number of benzene rings is 1. The third-order valence-corrected chi connectivity index (χ3v) is 8.14. The average molecular weight is 562 g/mol. The van der Waals surface area contributed by atoms with E-state index in [0.717, 1.165) is 5.56 Å². The van der Waals surface area contributed by atoms with Crippen LogP contribution in [0.4, 0.5) is 0 Å². The number of allylic oxidation sites excluding steroid dienone is 1. The molecular formula is C27H32ClN3O8. The van der Waals surface area contributed by atoms with Crippen molar-refractivity contribution in [1.29, 1.82) is 0 Å². The van der Waals surface area contributed by atoms with Gasteiger partial charge in [0.1, 0.15) is 28.7 Å². The molecule has 1 aromatic carbocycles. The summed E-state index contributed by atoms with van der Waals surface area (Å²) in [6.07, 6.45) is 0.301. The van der Waals surface area contributed by atoms with Crippen molar-refractivity contribution < 1.29 is 39.6 Å². The number of fused-ring (bicyclic) bond motifs is 3. The predicted molar refractivity (Wildman–Crippen MR) is 140 cm³/mol. The van der Waals surface area contributed by atoms with Crippen molar-refractivity contribution in [1.82, 2.24) is 15.5 Å². The Morgan fingerprint density at radius 2 is 1.82 bits per heavy atom. The molecule has 0 bridgehead atoms. The van der Waals surface area contributed by atoms with E-state index in [1.165, 1.54) is 11.0 Å². The minimum Gasteiger partial charge on any atom is -0.510 e. The molecule has 0 saturated heterocycles. The lowest BCUT2D eigenvalue weighted by Crippen LogP contribution is -2.64. The molecule has 39 heavy (non-hydrogen) atoms. The smallest absolute Gasteiger partial charge is 0.259 e. The first-order chi connectivity index (χ1) is 18.3. The number of ketones is 2. The molecule has 1 aromatic rings. The van der Waals surface area contributed by atoms with Gasteiger partial charge < -0.3 is 31.1 Å². The summed E-state index contributed by atoms with van der Waals surface area (Å²) in [6, 6.07) is 2.09. The first-order valence-electron chi connectivity index (χ1n) is 12.6. The van der Waals surface area contributed by atoms with Crippen LogP contribution in [-0.2, 0) is 20.8 Å². The van der Waals surface area contributed by atoms with Crippen LogP contribution in [0.5, 0.6) is 5.75 Å². The van der Waals surface area contributed by atoms with E-state index < -0.39 is 70.6 Å². The molecule has 0 saturated carbocycles. The molecule has 0 unspecified atom stereocenters. The third-order valence-electron chi connectivity index (χ3n) is 7.90. The van der Waals surface area contributed by atoms with Gasteiger partial charge in [0.25, 0.3) is 5.91 Å². The molecule has 11 nitrogen and oxygen atoms in total. The molecule has 0 radical (unpaired) electrons. The van der Waals surface area contributed by atoms with Gasteiger partial charge in [0, 0.05) is 11.5 Å². The highest BCUT2D eigenvalue weighted by Gasteiger charge is 2.63. The maximum absolute atomic E-state index is 13.7. The number of Topliss-reactive ketones (excluding diaryl/α,β-unsaturated/α-hetero) is 2. The number of nitrogens with zero attached hydrogens (tertiary/aromatic N) is 1. The SMILES string of the molecule is CC(C)c1ccc(O)c2c1C[C@H]1C[C@H]3[C@H](N(C)C)C(O)=C(C(=O)NCNC(=O)CCl)C(=O)[C@@]3(O)C(O)=C1C2=O. The normalized spacial score (nSPS) is 26.4. The number of phenols is 1. The second-order valence-corrected chi connectivity index (χ2v) is 11.0. The molecule has 3 aliphatic carbocycles. The number of phenolic OH excluding ortho intramolecular Hbond substituents is 1. The van der Waals surface area contributed by atoms with Crippen LogP contribution in [0.15, 0.2) is 34.8 Å². The summed E-state index contributed by atoms with van der Waals surface area (Å²) in [4.78, 5) is 53.3. The Morgan fingerprint density at radius 3 is 2.41 bits per heavy atom. The molecule has 2 amide bonds. The number of hydrogen-bond acceptors (Lipinski definition) is 9. The van der Waals surface area contributed by atoms with Gasteiger partial charge in [0.2, 0.25) is 11.7 Å². The third kappa shape index (κ3) is 4.38. The molecule has 4 rings (SSSR count). The molecule has 0 aliphatic heterocycles. The first-order valence-corrected chi connectivity index (χ1v) is 13.1. The van der Waals surface area contributed by atoms with Gasteiger partial charge >= 0.3 is 0 Å². The van der Waals surface area contributed by atoms with Crippen molar-refractivity contribution in [2.75, 3.05) is 26.6 Å². The Hall–Kier alpha value is -3.41. The zero-order chi connectivity index (χ0) is 29.0. The highest BCUT2D eigenvalue weighted by molar-refractivity contribution is 6.27. The van der Waals surface area contributed by atoms with Crippen LogP contribution in [0.1, 0.15) is 47.7 Å². The number of nitrogens with one attached hydrogen (secondary N) is 2. The van der Waals surface area contributed by atoms with Gasteiger partial charge in [0.05, 0.1) is 18.3 Å². The van der Waals surface area contributed by atoms with Gasteiger partial charge in [-0.2, -0.15) is 0 Å². The Bertz CT molecular complexity index is 1330. The van der Waals surface area contributed by atoms with Gasteiger partial charge in [-0.25, -0.2) is 0 Å². The summed E-state index contributed by atoms with van der Waals surface area (Å²) in [5.74, 6) is -7.44. The number of carbonyl (C=O) groups excluding carboxylic acids is 4. The van der Waals surface area contributed by atoms with Crippen LogP contribution in [0.3, 0.4) is 0 Å². The standard InChI is InChI=1S/C27H32ClN3O8/c1-11(2)13-5-6-16(32)19-14(13)7-12-8-15-21(31(3)4)23(35)20(26(38)30-10-29-17(33)9-28)25(37)27(15,39)24(36)18(12)22(19)34/h5-6,11-12,15,21,32,35-36,39H,7-10H2,1-4H3,(H,29,33)(H,30,38)/t12-,15-,21-,27-/m0/s1. The number of amides is 2. The van der Waals surface area contributed by atoms with Gasteiger partial charge in [-0.05, 0) is 56.0 Å². The minimum absolute atomic E-state index is 0.0138. The second-order valence-electron chi connectivity index (χ2n) is 10.7. The Morgan fingerprint density at radius 1 is 1.15 bits per heavy atom. The number of halogens is 1. The molecule has 0 aromatic heterocycles. The van der Waals surface area contributed by atoms with Crippen LogP contribution in [0, 0.1) is 11.8 Å². The van der Waals surface area contributed by atoms with E-state index in [9.17, 15) is 39.6 Å². The summed E-state index contributed by atoms with van der Waals surface area (Å²) in [5.41, 5.74) is -2.17. The molecule has 12 heteroatoms. The molecular weight excluding hydrogens is 530 g/mol. The quantitative estimate of drug-likeness (QED) is 0.169. The van der Waals surface area contributed by atoms with Crippen molar-refractivity contribution in [3.8, 4) is 5.75 Å². The molecule has 4 atom stereocenters. The van der Waals surface area contributed by atoms with E-state index in [4.69, 9.17) is 11.6 Å². The van der Waals surface area contributed by atoms with Crippen LogP contribution in [0.2, 0.25) is 0 Å². The molecule has 0 spiro atoms. The monoisotopic (exact) mass is 561 g/mol. The highest BCUT2D eigenvalue weighted by Crippen LogP contribution is 2.52. The van der Waals surface area contributed by atoms with Gasteiger partial charge in [0.15, 0.2) is 11.4 Å². The van der Waals surface area contributed by atoms with E-state index in [2.05, 4.69) is 10.6 Å². The summed E-state index contributed by atoms with van der Waals surface area (Å²) in [7, 11) is 3.17. The van der Waals surface area contributed by atoms with Crippen LogP contribution >= 0.6 is 11.6 Å². The number of alkyl halides is 1. The number of carbonyl (C=O) groups is 4. The molecule has 210 valence electrons. The van der Waals surface area contributed by atoms with Crippen molar-refractivity contribution in [2.24, 2.45) is 11.8 Å². The fourth-order valence-corrected chi connectivity index (χ4v) is 6.25. The van der Waals surface area contributed by atoms with Gasteiger partial charge in [-0.15, -0.1) is 11.6 Å². The number of aliphatic hydroxyl groups excluding tert-OH is 2. The molecule has 0 heterocycles. The highest BCUT2D eigenvalue weighted by atomic mass is 35.5. The van der Waals surface area contributed by atoms with E-state index in [1.54, 1.807) is 20.2 Å². The number of rotatable bonds is 6. The summed E-state index contributed by atoms with van der Waals surface area (Å²) < 4.78 is 0. The predicted octanol–water partition coefficient (Wildman–Crippen LogP) is 1.19. The van der Waals surface area contributed by atoms with Crippen LogP contribution < -0.4 is 10.6 Å². The van der Waals surface area contributed by atoms with Gasteiger partial charge in [-0.1, -0.05) is 19.9 Å². The number of aliphatic hydroxyl groups is 3. The summed E-state index contributed by atoms with van der Waals surface area (Å²) in [5, 5.41) is 49.5. The van der Waals surface area contributed by atoms with Crippen molar-refractivity contribution >= 4 is 35.0 Å². The Labute approximate surface area is 230 Å². The first kappa shape index (κ1) is 28.6. The number of likely N-dealkylation sites (N-methyl/N-ethyl adjacent to an activating group) is 1. The maximum atomic E-state index is 13.7. The average Bonchev–Trinajstić information content (AvgIpc) is 2.85. The number of aromatic hydroxyl groups is 1. The fourth-order valence-electron chi connectivity index (χ4n) is 6.16. The largest absolute Gasteiger partial charge is 0.510 e. The lowest BCUT2D eigenvalue weighted by Gasteiger charge is -2.50. The molecule has 0 fully saturated rings. The topological polar surface area (TPSA) is 176 Å². The van der Waals surface area contributed by atoms with E-state index in [1.807, 2.05) is 13.8 Å². The molecule has 3 aliphatic rings. The fraction of sp³-hybridized carbons (Fsp3) is 0.481. The second kappa shape index (κ2) is 10.3. The van der Waals surface area contributed by atoms with Crippen molar-refractivity contribution in [3.63, 3.8) is 0 Å². The lowest BCUT2D eigenvalue weighted by atomic mass is 9.58. The van der Waals surface area contributed by atoms with Crippen molar-refractivity contribution in [2.45, 2.75) is 44.2 Å². The minimum atomic E-state index is -2.70. The van der Waals surface area contributed by atoms with E-state index >= 15 is 0 Å². The zero-order valence-corrected chi connectivity index (χ0v) is 22.8. The van der Waals surface area contributed by atoms with E-state index in [0.29, 0.717) is 5.56 Å². The van der Waals surface area contributed by atoms with E-state index in [-0.39, 0.29) is 41.5 Å². The lowest BCUT2D eigenvalue weighted by molar-refractivity contribution is -0.148.